The Morgan fingerprint density at radius 1 is 1.33 bits per heavy atom. The summed E-state index contributed by atoms with van der Waals surface area (Å²) in [4.78, 5) is 12.0. The second-order valence-electron chi connectivity index (χ2n) is 5.22. The van der Waals surface area contributed by atoms with E-state index in [0.29, 0.717) is 6.54 Å². The minimum Gasteiger partial charge on any atom is -0.330 e. The summed E-state index contributed by atoms with van der Waals surface area (Å²) >= 11 is 0. The lowest BCUT2D eigenvalue weighted by atomic mass is 9.65. The van der Waals surface area contributed by atoms with Crippen LogP contribution >= 0.6 is 0 Å². The molecule has 2 rings (SSSR count). The van der Waals surface area contributed by atoms with Crippen molar-refractivity contribution >= 4 is 5.78 Å². The summed E-state index contributed by atoms with van der Waals surface area (Å²) in [7, 11) is 0. The van der Waals surface area contributed by atoms with Gasteiger partial charge in [-0.15, -0.1) is 0 Å². The molecule has 0 aliphatic heterocycles. The minimum absolute atomic E-state index is 0.155. The summed E-state index contributed by atoms with van der Waals surface area (Å²) in [5.74, 6) is -2.32. The molecule has 0 atom stereocenters. The highest BCUT2D eigenvalue weighted by molar-refractivity contribution is 5.97. The van der Waals surface area contributed by atoms with E-state index >= 15 is 0 Å². The monoisotopic (exact) mass is 253 g/mol. The number of carbonyl (C=O) groups excluding carboxylic acids is 1. The fourth-order valence-electron chi connectivity index (χ4n) is 2.43. The molecular weight excluding hydrogens is 236 g/mol. The van der Waals surface area contributed by atoms with Crippen molar-refractivity contribution in [2.24, 2.45) is 11.1 Å². The molecular formula is C14H17F2NO. The smallest absolute Gasteiger partial charge is 0.169 e. The molecule has 1 aliphatic carbocycles. The van der Waals surface area contributed by atoms with Gasteiger partial charge in [0.2, 0.25) is 0 Å². The number of aryl methyl sites for hydroxylation is 1. The first kappa shape index (κ1) is 13.1. The number of Topliss-reactive ketones (excluding diaryl/α,β-unsaturated/α-hetero) is 1. The first-order valence-electron chi connectivity index (χ1n) is 6.17. The van der Waals surface area contributed by atoms with Crippen LogP contribution in [0.1, 0.15) is 41.6 Å². The van der Waals surface area contributed by atoms with Gasteiger partial charge in [-0.1, -0.05) is 12.5 Å². The van der Waals surface area contributed by atoms with Crippen LogP contribution in [0.15, 0.2) is 12.1 Å². The van der Waals surface area contributed by atoms with Crippen molar-refractivity contribution in [1.82, 2.24) is 0 Å². The van der Waals surface area contributed by atoms with Crippen molar-refractivity contribution in [2.75, 3.05) is 6.54 Å². The highest BCUT2D eigenvalue weighted by atomic mass is 19.2. The number of hydrogen-bond acceptors (Lipinski definition) is 2. The Labute approximate surface area is 105 Å². The van der Waals surface area contributed by atoms with Gasteiger partial charge in [0.15, 0.2) is 17.4 Å². The fraction of sp³-hybridized carbons (Fsp3) is 0.500. The lowest BCUT2D eigenvalue weighted by molar-refractivity contribution is 0.0781. The van der Waals surface area contributed by atoms with E-state index in [1.165, 1.54) is 19.1 Å². The number of nitrogens with two attached hydrogens (primary N) is 1. The zero-order valence-electron chi connectivity index (χ0n) is 10.4. The highest BCUT2D eigenvalue weighted by Crippen LogP contribution is 2.43. The van der Waals surface area contributed by atoms with E-state index in [0.717, 1.165) is 19.3 Å². The number of benzene rings is 1. The highest BCUT2D eigenvalue weighted by Gasteiger charge is 2.38. The van der Waals surface area contributed by atoms with E-state index < -0.39 is 11.6 Å². The van der Waals surface area contributed by atoms with Crippen LogP contribution < -0.4 is 5.73 Å². The molecule has 1 aromatic rings. The number of rotatable bonds is 4. The lowest BCUT2D eigenvalue weighted by Crippen LogP contribution is -2.39. The Morgan fingerprint density at radius 3 is 2.50 bits per heavy atom. The number of ketones is 1. The van der Waals surface area contributed by atoms with Crippen LogP contribution in [0.25, 0.3) is 0 Å². The molecule has 1 saturated carbocycles. The lowest BCUT2D eigenvalue weighted by Gasteiger charge is -2.40. The van der Waals surface area contributed by atoms with Gasteiger partial charge in [-0.25, -0.2) is 8.78 Å². The zero-order valence-corrected chi connectivity index (χ0v) is 10.4. The van der Waals surface area contributed by atoms with Crippen LogP contribution in [-0.2, 0) is 0 Å². The quantitative estimate of drug-likeness (QED) is 0.838. The molecule has 2 N–H and O–H groups in total. The summed E-state index contributed by atoms with van der Waals surface area (Å²) in [5, 5.41) is 0. The van der Waals surface area contributed by atoms with Gasteiger partial charge >= 0.3 is 0 Å². The molecule has 98 valence electrons. The molecule has 1 aliphatic rings. The normalized spacial score (nSPS) is 17.3. The molecule has 18 heavy (non-hydrogen) atoms. The number of halogens is 2. The molecule has 0 spiro atoms. The Bertz CT molecular complexity index is 475. The summed E-state index contributed by atoms with van der Waals surface area (Å²) < 4.78 is 27.1. The van der Waals surface area contributed by atoms with E-state index in [2.05, 4.69) is 0 Å². The van der Waals surface area contributed by atoms with E-state index in [-0.39, 0.29) is 28.7 Å². The molecule has 0 aromatic heterocycles. The molecule has 2 nitrogen and oxygen atoms in total. The maximum atomic E-state index is 13.7. The van der Waals surface area contributed by atoms with Crippen molar-refractivity contribution in [3.05, 3.63) is 34.9 Å². The van der Waals surface area contributed by atoms with E-state index in [9.17, 15) is 13.6 Å². The molecule has 0 bridgehead atoms. The molecule has 0 radical (unpaired) electrons. The van der Waals surface area contributed by atoms with E-state index in [4.69, 9.17) is 5.73 Å². The maximum Gasteiger partial charge on any atom is 0.169 e. The molecule has 0 amide bonds. The molecule has 1 fully saturated rings. The van der Waals surface area contributed by atoms with Gasteiger partial charge in [0.1, 0.15) is 0 Å². The van der Waals surface area contributed by atoms with E-state index in [1.807, 2.05) is 0 Å². The summed E-state index contributed by atoms with van der Waals surface area (Å²) in [5.41, 5.74) is 5.53. The Morgan fingerprint density at radius 2 is 2.00 bits per heavy atom. The molecule has 0 saturated heterocycles. The van der Waals surface area contributed by atoms with Crippen molar-refractivity contribution in [1.29, 1.82) is 0 Å². The van der Waals surface area contributed by atoms with Crippen molar-refractivity contribution in [3.63, 3.8) is 0 Å². The van der Waals surface area contributed by atoms with Crippen LogP contribution in [0, 0.1) is 24.0 Å². The van der Waals surface area contributed by atoms with Crippen LogP contribution in [0.5, 0.6) is 0 Å². The van der Waals surface area contributed by atoms with E-state index in [1.54, 1.807) is 0 Å². The van der Waals surface area contributed by atoms with Crippen molar-refractivity contribution in [2.45, 2.75) is 32.6 Å². The van der Waals surface area contributed by atoms with Gasteiger partial charge in [-0.3, -0.25) is 4.79 Å². The molecule has 0 unspecified atom stereocenters. The third kappa shape index (κ3) is 2.17. The van der Waals surface area contributed by atoms with Gasteiger partial charge in [0.05, 0.1) is 5.56 Å². The number of carbonyl (C=O) groups is 1. The van der Waals surface area contributed by atoms with Crippen LogP contribution in [-0.4, -0.2) is 12.3 Å². The average Bonchev–Trinajstić information content (AvgIpc) is 2.31. The molecule has 0 heterocycles. The topological polar surface area (TPSA) is 43.1 Å². The van der Waals surface area contributed by atoms with Crippen LogP contribution in [0.2, 0.25) is 0 Å². The summed E-state index contributed by atoms with van der Waals surface area (Å²) in [6.07, 6.45) is 3.05. The van der Waals surface area contributed by atoms with Crippen LogP contribution in [0.3, 0.4) is 0 Å². The van der Waals surface area contributed by atoms with Gasteiger partial charge in [-0.2, -0.15) is 0 Å². The second kappa shape index (κ2) is 4.76. The van der Waals surface area contributed by atoms with Gasteiger partial charge in [-0.05, 0) is 43.4 Å². The van der Waals surface area contributed by atoms with Gasteiger partial charge in [0, 0.05) is 6.42 Å². The van der Waals surface area contributed by atoms with Crippen molar-refractivity contribution in [3.8, 4) is 0 Å². The average molecular weight is 253 g/mol. The molecule has 4 heteroatoms. The third-order valence-corrected chi connectivity index (χ3v) is 3.96. The summed E-state index contributed by atoms with van der Waals surface area (Å²) in [6.45, 7) is 1.90. The largest absolute Gasteiger partial charge is 0.330 e. The Balaban J connectivity index is 2.22. The van der Waals surface area contributed by atoms with Gasteiger partial charge in [0.25, 0.3) is 0 Å². The predicted molar refractivity (Wildman–Crippen MR) is 65.4 cm³/mol. The van der Waals surface area contributed by atoms with Crippen molar-refractivity contribution < 1.29 is 13.6 Å². The zero-order chi connectivity index (χ0) is 13.3. The first-order chi connectivity index (χ1) is 8.49. The minimum atomic E-state index is -1.04. The standard InChI is InChI=1S/C14H17F2NO/c1-9-3-4-10(13(16)12(9)15)11(18)7-14(8-17)5-2-6-14/h3-4H,2,5-8,17H2,1H3. The second-order valence-corrected chi connectivity index (χ2v) is 5.22. The third-order valence-electron chi connectivity index (χ3n) is 3.96. The van der Waals surface area contributed by atoms with Gasteiger partial charge < -0.3 is 5.73 Å². The predicted octanol–water partition coefficient (Wildman–Crippen LogP) is 2.98. The first-order valence-corrected chi connectivity index (χ1v) is 6.17. The fourth-order valence-corrected chi connectivity index (χ4v) is 2.43. The SMILES string of the molecule is Cc1ccc(C(=O)CC2(CN)CCC2)c(F)c1F. The Kier molecular flexibility index (Phi) is 3.48. The Hall–Kier alpha value is -1.29. The maximum absolute atomic E-state index is 13.7. The summed E-state index contributed by atoms with van der Waals surface area (Å²) in [6, 6.07) is 2.79. The van der Waals surface area contributed by atoms with Crippen LogP contribution in [0.4, 0.5) is 8.78 Å². The molecule has 1 aromatic carbocycles. The number of hydrogen-bond donors (Lipinski definition) is 1.